The van der Waals surface area contributed by atoms with E-state index in [1.165, 1.54) is 0 Å². The van der Waals surface area contributed by atoms with Gasteiger partial charge < -0.3 is 20.5 Å². The number of aliphatic hydroxyl groups excluding tert-OH is 1. The van der Waals surface area contributed by atoms with Crippen LogP contribution in [0.4, 0.5) is 4.79 Å². The smallest absolute Gasteiger partial charge is 0.315 e. The summed E-state index contributed by atoms with van der Waals surface area (Å²) >= 11 is 9.35. The summed E-state index contributed by atoms with van der Waals surface area (Å²) in [5.74, 6) is 0.616. The van der Waals surface area contributed by atoms with Gasteiger partial charge in [-0.25, -0.2) is 4.79 Å². The Morgan fingerprint density at radius 3 is 2.81 bits per heavy atom. The average molecular weight is 380 g/mol. The quantitative estimate of drug-likeness (QED) is 0.638. The molecule has 0 spiro atoms. The maximum Gasteiger partial charge on any atom is 0.315 e. The van der Waals surface area contributed by atoms with E-state index in [9.17, 15) is 4.79 Å². The molecule has 0 heterocycles. The van der Waals surface area contributed by atoms with E-state index in [-0.39, 0.29) is 12.6 Å². The number of ether oxygens (including phenoxy) is 1. The highest BCUT2D eigenvalue weighted by molar-refractivity contribution is 9.10. The van der Waals surface area contributed by atoms with Crippen LogP contribution in [0.2, 0.25) is 5.02 Å². The van der Waals surface area contributed by atoms with Crippen molar-refractivity contribution >= 4 is 33.6 Å². The summed E-state index contributed by atoms with van der Waals surface area (Å²) in [6.07, 6.45) is 0.652. The molecule has 0 unspecified atom stereocenters. The molecule has 0 aromatic heterocycles. The molecule has 5 nitrogen and oxygen atoms in total. The molecule has 118 valence electrons. The lowest BCUT2D eigenvalue weighted by Crippen LogP contribution is -2.50. The first-order chi connectivity index (χ1) is 9.84. The van der Waals surface area contributed by atoms with Gasteiger partial charge in [0, 0.05) is 11.0 Å². The van der Waals surface area contributed by atoms with E-state index in [0.29, 0.717) is 30.3 Å². The second-order valence-corrected chi connectivity index (χ2v) is 6.52. The van der Waals surface area contributed by atoms with E-state index in [1.807, 2.05) is 6.07 Å². The molecule has 1 rings (SSSR count). The van der Waals surface area contributed by atoms with Gasteiger partial charge in [0.1, 0.15) is 5.75 Å². The van der Waals surface area contributed by atoms with Crippen molar-refractivity contribution in [2.24, 2.45) is 0 Å². The van der Waals surface area contributed by atoms with Crippen LogP contribution in [0.5, 0.6) is 5.75 Å². The number of hydrogen-bond acceptors (Lipinski definition) is 3. The van der Waals surface area contributed by atoms with Crippen LogP contribution in [0.1, 0.15) is 20.3 Å². The molecule has 0 bridgehead atoms. The fraction of sp³-hybridized carbons (Fsp3) is 0.500. The first-order valence-electron chi connectivity index (χ1n) is 6.59. The zero-order valence-electron chi connectivity index (χ0n) is 12.1. The maximum absolute atomic E-state index is 11.5. The Kier molecular flexibility index (Phi) is 7.28. The molecule has 7 heteroatoms. The highest BCUT2D eigenvalue weighted by atomic mass is 79.9. The highest BCUT2D eigenvalue weighted by Crippen LogP contribution is 2.27. The molecule has 1 aromatic rings. The molecule has 0 radical (unpaired) electrons. The minimum Gasteiger partial charge on any atom is -0.492 e. The van der Waals surface area contributed by atoms with Crippen molar-refractivity contribution in [1.82, 2.24) is 10.6 Å². The molecule has 0 aliphatic rings. The first kappa shape index (κ1) is 18.1. The summed E-state index contributed by atoms with van der Waals surface area (Å²) in [4.78, 5) is 11.5. The third-order valence-electron chi connectivity index (χ3n) is 2.61. The van der Waals surface area contributed by atoms with Crippen LogP contribution < -0.4 is 15.4 Å². The number of aliphatic hydroxyl groups is 1. The molecule has 21 heavy (non-hydrogen) atoms. The average Bonchev–Trinajstić information content (AvgIpc) is 2.40. The summed E-state index contributed by atoms with van der Waals surface area (Å²) in [6, 6.07) is 5.09. The van der Waals surface area contributed by atoms with Crippen LogP contribution >= 0.6 is 27.5 Å². The van der Waals surface area contributed by atoms with E-state index >= 15 is 0 Å². The third-order valence-corrected chi connectivity index (χ3v) is 3.39. The molecule has 0 saturated heterocycles. The van der Waals surface area contributed by atoms with Gasteiger partial charge in [-0.15, -0.1) is 0 Å². The Balaban J connectivity index is 2.21. The Morgan fingerprint density at radius 2 is 2.19 bits per heavy atom. The molecule has 0 aliphatic heterocycles. The largest absolute Gasteiger partial charge is 0.492 e. The van der Waals surface area contributed by atoms with Gasteiger partial charge in [0.2, 0.25) is 0 Å². The molecular formula is C14H20BrClN2O3. The van der Waals surface area contributed by atoms with Crippen molar-refractivity contribution in [2.45, 2.75) is 25.8 Å². The topological polar surface area (TPSA) is 70.6 Å². The predicted molar refractivity (Wildman–Crippen MR) is 87.0 cm³/mol. The number of nitrogens with one attached hydrogen (secondary N) is 2. The number of carbonyl (C=O) groups is 1. The van der Waals surface area contributed by atoms with E-state index in [0.717, 1.165) is 4.47 Å². The second-order valence-electron chi connectivity index (χ2n) is 5.20. The van der Waals surface area contributed by atoms with E-state index < -0.39 is 5.54 Å². The number of benzene rings is 1. The van der Waals surface area contributed by atoms with Crippen LogP contribution in [0.25, 0.3) is 0 Å². The summed E-state index contributed by atoms with van der Waals surface area (Å²) < 4.78 is 6.42. The molecular weight excluding hydrogens is 360 g/mol. The Hall–Kier alpha value is -0.980. The summed E-state index contributed by atoms with van der Waals surface area (Å²) in [6.45, 7) is 4.29. The molecule has 3 N–H and O–H groups in total. The van der Waals surface area contributed by atoms with Crippen molar-refractivity contribution in [3.8, 4) is 5.75 Å². The molecule has 0 aliphatic carbocycles. The van der Waals surface area contributed by atoms with Crippen LogP contribution in [0.15, 0.2) is 22.7 Å². The van der Waals surface area contributed by atoms with Crippen molar-refractivity contribution in [2.75, 3.05) is 19.8 Å². The lowest BCUT2D eigenvalue weighted by molar-refractivity contribution is 0.181. The Bertz CT molecular complexity index is 483. The zero-order chi connectivity index (χ0) is 15.9. The van der Waals surface area contributed by atoms with E-state index in [1.54, 1.807) is 26.0 Å². The summed E-state index contributed by atoms with van der Waals surface area (Å²) in [7, 11) is 0. The van der Waals surface area contributed by atoms with Gasteiger partial charge in [0.05, 0.1) is 23.8 Å². The molecule has 0 fully saturated rings. The van der Waals surface area contributed by atoms with Gasteiger partial charge in [0.15, 0.2) is 0 Å². The number of rotatable bonds is 7. The maximum atomic E-state index is 11.5. The van der Waals surface area contributed by atoms with Gasteiger partial charge in [-0.2, -0.15) is 0 Å². The summed E-state index contributed by atoms with van der Waals surface area (Å²) in [5, 5.41) is 15.0. The Morgan fingerprint density at radius 1 is 1.48 bits per heavy atom. The third kappa shape index (κ3) is 7.02. The lowest BCUT2D eigenvalue weighted by Gasteiger charge is -2.23. The van der Waals surface area contributed by atoms with Crippen LogP contribution in [0.3, 0.4) is 0 Å². The second kappa shape index (κ2) is 8.46. The van der Waals surface area contributed by atoms with E-state index in [4.69, 9.17) is 21.4 Å². The minimum absolute atomic E-state index is 0.119. The summed E-state index contributed by atoms with van der Waals surface area (Å²) in [5.41, 5.74) is -0.633. The normalized spacial score (nSPS) is 11.1. The van der Waals surface area contributed by atoms with Gasteiger partial charge >= 0.3 is 6.03 Å². The molecule has 0 atom stereocenters. The van der Waals surface area contributed by atoms with Gasteiger partial charge in [-0.05, 0) is 38.5 Å². The van der Waals surface area contributed by atoms with Crippen molar-refractivity contribution < 1.29 is 14.6 Å². The van der Waals surface area contributed by atoms with Gasteiger partial charge in [-0.3, -0.25) is 0 Å². The number of hydrogen-bond donors (Lipinski definition) is 3. The molecule has 1 aromatic carbocycles. The van der Waals surface area contributed by atoms with Gasteiger partial charge in [-0.1, -0.05) is 27.5 Å². The minimum atomic E-state index is -0.633. The number of urea groups is 1. The number of amides is 2. The van der Waals surface area contributed by atoms with Crippen LogP contribution in [-0.2, 0) is 0 Å². The monoisotopic (exact) mass is 378 g/mol. The van der Waals surface area contributed by atoms with Crippen LogP contribution in [-0.4, -0.2) is 36.4 Å². The predicted octanol–water partition coefficient (Wildman–Crippen LogP) is 2.94. The fourth-order valence-electron chi connectivity index (χ4n) is 1.44. The zero-order valence-corrected chi connectivity index (χ0v) is 14.4. The SMILES string of the molecule is CC(C)(CO)NC(=O)NCCCOc1ccc(Br)cc1Cl. The molecule has 2 amide bonds. The van der Waals surface area contributed by atoms with E-state index in [2.05, 4.69) is 26.6 Å². The number of halogens is 2. The van der Waals surface area contributed by atoms with Crippen molar-refractivity contribution in [1.29, 1.82) is 0 Å². The highest BCUT2D eigenvalue weighted by Gasteiger charge is 2.18. The molecule has 0 saturated carbocycles. The first-order valence-corrected chi connectivity index (χ1v) is 7.76. The standard InChI is InChI=1S/C14H20BrClN2O3/c1-14(2,9-19)18-13(20)17-6-3-7-21-12-5-4-10(15)8-11(12)16/h4-5,8,19H,3,6-7,9H2,1-2H3,(H2,17,18,20). The fourth-order valence-corrected chi connectivity index (χ4v) is 2.17. The Labute approximate surface area is 138 Å². The van der Waals surface area contributed by atoms with Crippen molar-refractivity contribution in [3.05, 3.63) is 27.7 Å². The number of carbonyl (C=O) groups excluding carboxylic acids is 1. The van der Waals surface area contributed by atoms with Crippen LogP contribution in [0, 0.1) is 0 Å². The lowest BCUT2D eigenvalue weighted by atomic mass is 10.1. The van der Waals surface area contributed by atoms with Crippen molar-refractivity contribution in [3.63, 3.8) is 0 Å². The van der Waals surface area contributed by atoms with Gasteiger partial charge in [0.25, 0.3) is 0 Å².